The Balaban J connectivity index is 1.43. The number of hydrogen-bond acceptors (Lipinski definition) is 5. The normalized spacial score (nSPS) is 20.5. The lowest BCUT2D eigenvalue weighted by Crippen LogP contribution is -2.36. The molecule has 5 rings (SSSR count). The van der Waals surface area contributed by atoms with Crippen LogP contribution in [0.4, 0.5) is 11.6 Å². The van der Waals surface area contributed by atoms with Crippen molar-refractivity contribution in [2.75, 3.05) is 38.2 Å². The van der Waals surface area contributed by atoms with E-state index in [2.05, 4.69) is 58.8 Å². The summed E-state index contributed by atoms with van der Waals surface area (Å²) in [5, 5.41) is 3.56. The number of piperidine rings is 1. The Morgan fingerprint density at radius 3 is 2.90 bits per heavy atom. The van der Waals surface area contributed by atoms with E-state index in [4.69, 9.17) is 9.72 Å². The zero-order valence-electron chi connectivity index (χ0n) is 17.9. The number of nitrogens with zero attached hydrogens (tertiary/aromatic N) is 3. The summed E-state index contributed by atoms with van der Waals surface area (Å²) in [7, 11) is 0. The lowest BCUT2D eigenvalue weighted by Gasteiger charge is -2.33. The Morgan fingerprint density at radius 2 is 2.10 bits per heavy atom. The summed E-state index contributed by atoms with van der Waals surface area (Å²) in [4.78, 5) is 10.4. The van der Waals surface area contributed by atoms with Crippen LogP contribution < -0.4 is 5.32 Å². The number of hydrogen-bond donors (Lipinski definition) is 1. The minimum atomic E-state index is 0.475. The van der Waals surface area contributed by atoms with Gasteiger partial charge in [-0.3, -0.25) is 9.30 Å². The Hall–Kier alpha value is -2.15. The summed E-state index contributed by atoms with van der Waals surface area (Å²) in [5.74, 6) is 1.41. The van der Waals surface area contributed by atoms with Crippen molar-refractivity contribution in [3.05, 3.63) is 58.2 Å². The Kier molecular flexibility index (Phi) is 5.63. The number of thiazole rings is 1. The van der Waals surface area contributed by atoms with Crippen molar-refractivity contribution in [2.24, 2.45) is 0 Å². The highest BCUT2D eigenvalue weighted by atomic mass is 32.1. The van der Waals surface area contributed by atoms with E-state index in [1.165, 1.54) is 46.1 Å². The molecule has 0 bridgehead atoms. The van der Waals surface area contributed by atoms with Crippen molar-refractivity contribution in [3.63, 3.8) is 0 Å². The lowest BCUT2D eigenvalue weighted by atomic mass is 9.95. The first-order valence-corrected chi connectivity index (χ1v) is 11.8. The van der Waals surface area contributed by atoms with E-state index >= 15 is 0 Å². The van der Waals surface area contributed by atoms with Gasteiger partial charge in [0.1, 0.15) is 4.83 Å². The first kappa shape index (κ1) is 19.8. The van der Waals surface area contributed by atoms with E-state index < -0.39 is 0 Å². The van der Waals surface area contributed by atoms with Gasteiger partial charge in [0.2, 0.25) is 5.95 Å². The van der Waals surface area contributed by atoms with Crippen LogP contribution in [0.25, 0.3) is 4.83 Å². The van der Waals surface area contributed by atoms with E-state index in [0.29, 0.717) is 5.92 Å². The molecule has 1 saturated heterocycles. The van der Waals surface area contributed by atoms with Crippen LogP contribution >= 0.6 is 11.3 Å². The van der Waals surface area contributed by atoms with Crippen LogP contribution in [-0.4, -0.2) is 47.1 Å². The molecule has 5 nitrogen and oxygen atoms in total. The number of para-hydroxylation sites is 1. The fourth-order valence-electron chi connectivity index (χ4n) is 4.64. The fourth-order valence-corrected chi connectivity index (χ4v) is 5.80. The van der Waals surface area contributed by atoms with Crippen LogP contribution in [0.1, 0.15) is 41.4 Å². The molecule has 2 aliphatic rings. The zero-order chi connectivity index (χ0) is 20.5. The molecule has 1 aromatic carbocycles. The standard InChI is InChI=1S/C24H30N4OS/c1-17-18(2)30-23-22(26-24(28(17)23)25-21-10-4-3-5-11-21)20-9-6-12-27(15-20)14-19-8-7-13-29-16-19/h3-5,8,10-11,20H,6-7,9,12-16H2,1-2H3,(H,25,26). The number of benzene rings is 1. The van der Waals surface area contributed by atoms with Crippen LogP contribution in [0.3, 0.4) is 0 Å². The molecule has 0 spiro atoms. The third-order valence-corrected chi connectivity index (χ3v) is 7.47. The number of ether oxygens (including phenoxy) is 1. The highest BCUT2D eigenvalue weighted by molar-refractivity contribution is 7.17. The van der Waals surface area contributed by atoms with Gasteiger partial charge >= 0.3 is 0 Å². The third kappa shape index (κ3) is 3.92. The monoisotopic (exact) mass is 422 g/mol. The molecule has 0 saturated carbocycles. The molecule has 1 unspecified atom stereocenters. The molecule has 1 N–H and O–H groups in total. The molecule has 1 fully saturated rings. The van der Waals surface area contributed by atoms with Gasteiger partial charge in [-0.15, -0.1) is 11.3 Å². The predicted molar refractivity (Wildman–Crippen MR) is 124 cm³/mol. The molecule has 4 heterocycles. The molecular weight excluding hydrogens is 392 g/mol. The predicted octanol–water partition coefficient (Wildman–Crippen LogP) is 5.28. The second kappa shape index (κ2) is 8.53. The average molecular weight is 423 g/mol. The average Bonchev–Trinajstić information content (AvgIpc) is 3.26. The molecule has 0 radical (unpaired) electrons. The maximum absolute atomic E-state index is 5.65. The Labute approximate surface area is 182 Å². The smallest absolute Gasteiger partial charge is 0.213 e. The van der Waals surface area contributed by atoms with Gasteiger partial charge in [-0.25, -0.2) is 4.98 Å². The summed E-state index contributed by atoms with van der Waals surface area (Å²) < 4.78 is 7.97. The van der Waals surface area contributed by atoms with Gasteiger partial charge in [-0.1, -0.05) is 24.3 Å². The van der Waals surface area contributed by atoms with Crippen molar-refractivity contribution in [3.8, 4) is 0 Å². The van der Waals surface area contributed by atoms with Gasteiger partial charge in [-0.2, -0.15) is 0 Å². The van der Waals surface area contributed by atoms with E-state index in [0.717, 1.165) is 44.4 Å². The summed E-state index contributed by atoms with van der Waals surface area (Å²) in [6, 6.07) is 10.3. The quantitative estimate of drug-likeness (QED) is 0.568. The van der Waals surface area contributed by atoms with Gasteiger partial charge in [0.25, 0.3) is 0 Å². The fraction of sp³-hybridized carbons (Fsp3) is 0.458. The van der Waals surface area contributed by atoms with Crippen molar-refractivity contribution >= 4 is 27.8 Å². The lowest BCUT2D eigenvalue weighted by molar-refractivity contribution is 0.137. The number of aromatic nitrogens is 2. The number of rotatable bonds is 5. The number of aryl methyl sites for hydroxylation is 2. The highest BCUT2D eigenvalue weighted by Crippen LogP contribution is 2.37. The summed E-state index contributed by atoms with van der Waals surface area (Å²) in [6.45, 7) is 9.35. The number of nitrogens with one attached hydrogen (secondary N) is 1. The molecule has 1 atom stereocenters. The minimum absolute atomic E-state index is 0.475. The highest BCUT2D eigenvalue weighted by Gasteiger charge is 2.28. The van der Waals surface area contributed by atoms with Crippen LogP contribution in [0.2, 0.25) is 0 Å². The van der Waals surface area contributed by atoms with Crippen molar-refractivity contribution < 1.29 is 4.74 Å². The van der Waals surface area contributed by atoms with Crippen LogP contribution in [0.5, 0.6) is 0 Å². The van der Waals surface area contributed by atoms with Crippen molar-refractivity contribution in [2.45, 2.75) is 39.0 Å². The van der Waals surface area contributed by atoms with Gasteiger partial charge in [0, 0.05) is 35.3 Å². The number of anilines is 2. The van der Waals surface area contributed by atoms with Crippen molar-refractivity contribution in [1.29, 1.82) is 0 Å². The molecule has 0 aliphatic carbocycles. The summed E-state index contributed by atoms with van der Waals surface area (Å²) in [6.07, 6.45) is 5.86. The third-order valence-electron chi connectivity index (χ3n) is 6.29. The molecule has 2 aliphatic heterocycles. The van der Waals surface area contributed by atoms with Crippen molar-refractivity contribution in [1.82, 2.24) is 14.3 Å². The Bertz CT molecular complexity index is 1050. The van der Waals surface area contributed by atoms with E-state index in [1.807, 2.05) is 17.4 Å². The number of fused-ring (bicyclic) bond motifs is 1. The summed E-state index contributed by atoms with van der Waals surface area (Å²) in [5.41, 5.74) is 5.05. The second-order valence-corrected chi connectivity index (χ2v) is 9.68. The van der Waals surface area contributed by atoms with Crippen LogP contribution in [-0.2, 0) is 4.74 Å². The van der Waals surface area contributed by atoms with E-state index in [9.17, 15) is 0 Å². The molecular formula is C24H30N4OS. The maximum atomic E-state index is 5.65. The first-order valence-electron chi connectivity index (χ1n) is 11.0. The molecule has 6 heteroatoms. The van der Waals surface area contributed by atoms with Crippen LogP contribution in [0.15, 0.2) is 42.0 Å². The van der Waals surface area contributed by atoms with Gasteiger partial charge in [-0.05, 0) is 57.4 Å². The molecule has 30 heavy (non-hydrogen) atoms. The summed E-state index contributed by atoms with van der Waals surface area (Å²) >= 11 is 1.88. The maximum Gasteiger partial charge on any atom is 0.213 e. The minimum Gasteiger partial charge on any atom is -0.377 e. The van der Waals surface area contributed by atoms with Gasteiger partial charge in [0.15, 0.2) is 0 Å². The first-order chi connectivity index (χ1) is 14.7. The molecule has 158 valence electrons. The SMILES string of the molecule is Cc1sc2c(C3CCCN(CC4=CCCOC4)C3)nc(Nc3ccccc3)n2c1C. The molecule has 3 aromatic rings. The van der Waals surface area contributed by atoms with Gasteiger partial charge in [0.05, 0.1) is 18.9 Å². The number of imidazole rings is 1. The van der Waals surface area contributed by atoms with E-state index in [1.54, 1.807) is 0 Å². The second-order valence-electron chi connectivity index (χ2n) is 8.47. The Morgan fingerprint density at radius 1 is 1.23 bits per heavy atom. The molecule has 0 amide bonds. The van der Waals surface area contributed by atoms with E-state index in [-0.39, 0.29) is 0 Å². The topological polar surface area (TPSA) is 41.8 Å². The van der Waals surface area contributed by atoms with Gasteiger partial charge < -0.3 is 10.1 Å². The number of likely N-dealkylation sites (tertiary alicyclic amines) is 1. The molecule has 2 aromatic heterocycles. The van der Waals surface area contributed by atoms with Crippen LogP contribution in [0, 0.1) is 13.8 Å². The largest absolute Gasteiger partial charge is 0.377 e. The zero-order valence-corrected chi connectivity index (χ0v) is 18.7.